The number of aliphatic hydroxyl groups is 1. The Hall–Kier alpha value is -1.92. The number of ether oxygens (including phenoxy) is 1. The summed E-state index contributed by atoms with van der Waals surface area (Å²) in [5.41, 5.74) is 8.25. The van der Waals surface area contributed by atoms with E-state index in [0.29, 0.717) is 17.9 Å². The summed E-state index contributed by atoms with van der Waals surface area (Å²) in [5.74, 6) is -0.00107. The molecular formula is C15H20FN3O2. The van der Waals surface area contributed by atoms with E-state index in [0.717, 1.165) is 11.4 Å². The Kier molecular flexibility index (Phi) is 4.93. The molecule has 2 aromatic rings. The third kappa shape index (κ3) is 3.22. The molecule has 0 aliphatic heterocycles. The van der Waals surface area contributed by atoms with E-state index in [9.17, 15) is 4.39 Å². The minimum Gasteiger partial charge on any atom is -0.496 e. The Balaban J connectivity index is 2.51. The van der Waals surface area contributed by atoms with Crippen LogP contribution in [0, 0.1) is 12.7 Å². The van der Waals surface area contributed by atoms with Gasteiger partial charge in [0.15, 0.2) is 0 Å². The fourth-order valence-corrected chi connectivity index (χ4v) is 2.50. The van der Waals surface area contributed by atoms with E-state index >= 15 is 0 Å². The summed E-state index contributed by atoms with van der Waals surface area (Å²) >= 11 is 0. The molecule has 1 heterocycles. The van der Waals surface area contributed by atoms with Crippen molar-refractivity contribution in [1.82, 2.24) is 9.78 Å². The van der Waals surface area contributed by atoms with Crippen LogP contribution in [0.4, 0.5) is 4.39 Å². The van der Waals surface area contributed by atoms with Crippen molar-refractivity contribution < 1.29 is 14.2 Å². The van der Waals surface area contributed by atoms with Crippen molar-refractivity contribution in [1.29, 1.82) is 0 Å². The van der Waals surface area contributed by atoms with Crippen LogP contribution in [0.3, 0.4) is 0 Å². The number of methoxy groups -OCH3 is 1. The first-order valence-electron chi connectivity index (χ1n) is 6.79. The zero-order valence-electron chi connectivity index (χ0n) is 12.2. The number of hydrogen-bond donors (Lipinski definition) is 2. The zero-order chi connectivity index (χ0) is 15.4. The fraction of sp³-hybridized carbons (Fsp3) is 0.400. The molecule has 0 saturated carbocycles. The normalized spacial score (nSPS) is 12.4. The van der Waals surface area contributed by atoms with E-state index < -0.39 is 0 Å². The number of rotatable bonds is 6. The number of nitrogens with zero attached hydrogens (tertiary/aromatic N) is 2. The molecule has 1 unspecified atom stereocenters. The van der Waals surface area contributed by atoms with Crippen molar-refractivity contribution in [3.63, 3.8) is 0 Å². The minimum absolute atomic E-state index is 0.0221. The van der Waals surface area contributed by atoms with Gasteiger partial charge >= 0.3 is 0 Å². The van der Waals surface area contributed by atoms with E-state index in [4.69, 9.17) is 15.6 Å². The summed E-state index contributed by atoms with van der Waals surface area (Å²) in [6, 6.07) is 6.28. The molecule has 114 valence electrons. The maximum absolute atomic E-state index is 13.6. The van der Waals surface area contributed by atoms with Gasteiger partial charge < -0.3 is 15.6 Å². The average Bonchev–Trinajstić information content (AvgIpc) is 2.81. The molecular weight excluding hydrogens is 273 g/mol. The van der Waals surface area contributed by atoms with E-state index in [2.05, 4.69) is 5.10 Å². The number of aliphatic hydroxyl groups excluding tert-OH is 1. The highest BCUT2D eigenvalue weighted by atomic mass is 19.1. The van der Waals surface area contributed by atoms with Gasteiger partial charge in [0.2, 0.25) is 0 Å². The maximum Gasteiger partial charge on any atom is 0.123 e. The Labute approximate surface area is 123 Å². The molecule has 3 N–H and O–H groups in total. The predicted molar refractivity (Wildman–Crippen MR) is 77.9 cm³/mol. The van der Waals surface area contributed by atoms with E-state index in [1.54, 1.807) is 17.9 Å². The summed E-state index contributed by atoms with van der Waals surface area (Å²) in [5, 5.41) is 13.5. The van der Waals surface area contributed by atoms with Gasteiger partial charge in [0.25, 0.3) is 0 Å². The van der Waals surface area contributed by atoms with Crippen LogP contribution in [0.5, 0.6) is 5.75 Å². The van der Waals surface area contributed by atoms with Gasteiger partial charge in [-0.3, -0.25) is 4.68 Å². The molecule has 0 amide bonds. The van der Waals surface area contributed by atoms with Crippen LogP contribution < -0.4 is 10.5 Å². The van der Waals surface area contributed by atoms with Gasteiger partial charge in [-0.15, -0.1) is 0 Å². The highest BCUT2D eigenvalue weighted by Gasteiger charge is 2.22. The van der Waals surface area contributed by atoms with Crippen molar-refractivity contribution >= 4 is 0 Å². The molecule has 0 aliphatic carbocycles. The molecule has 6 heteroatoms. The highest BCUT2D eigenvalue weighted by molar-refractivity contribution is 5.41. The van der Waals surface area contributed by atoms with Crippen LogP contribution in [0.25, 0.3) is 0 Å². The van der Waals surface area contributed by atoms with Crippen molar-refractivity contribution in [3.8, 4) is 5.75 Å². The van der Waals surface area contributed by atoms with Gasteiger partial charge in [-0.2, -0.15) is 5.10 Å². The molecule has 0 spiro atoms. The average molecular weight is 293 g/mol. The van der Waals surface area contributed by atoms with Crippen LogP contribution in [-0.2, 0) is 6.54 Å². The van der Waals surface area contributed by atoms with Crippen LogP contribution in [-0.4, -0.2) is 35.1 Å². The third-order valence-electron chi connectivity index (χ3n) is 3.40. The van der Waals surface area contributed by atoms with Gasteiger partial charge in [-0.05, 0) is 31.2 Å². The number of nitrogens with two attached hydrogens (primary N) is 1. The van der Waals surface area contributed by atoms with Gasteiger partial charge in [-0.25, -0.2) is 4.39 Å². The molecule has 1 atom stereocenters. The van der Waals surface area contributed by atoms with Crippen molar-refractivity contribution in [2.75, 3.05) is 20.3 Å². The summed E-state index contributed by atoms with van der Waals surface area (Å²) < 4.78 is 20.6. The minimum atomic E-state index is -0.339. The van der Waals surface area contributed by atoms with Crippen molar-refractivity contribution in [2.45, 2.75) is 19.4 Å². The largest absolute Gasteiger partial charge is 0.496 e. The monoisotopic (exact) mass is 293 g/mol. The molecule has 0 saturated heterocycles. The van der Waals surface area contributed by atoms with Crippen LogP contribution in [0.2, 0.25) is 0 Å². The Morgan fingerprint density at radius 3 is 2.81 bits per heavy atom. The second-order valence-electron chi connectivity index (χ2n) is 4.83. The molecule has 21 heavy (non-hydrogen) atoms. The standard InChI is InChI=1S/C15H20FN3O2/c1-10-7-14(19(18-10)5-6-20)13(9-17)12-8-11(16)3-4-15(12)21-2/h3-4,7-8,13,20H,5-6,9,17H2,1-2H3. The number of aryl methyl sites for hydroxylation is 1. The van der Waals surface area contributed by atoms with E-state index in [-0.39, 0.29) is 24.9 Å². The zero-order valence-corrected chi connectivity index (χ0v) is 12.2. The van der Waals surface area contributed by atoms with Crippen LogP contribution in [0.15, 0.2) is 24.3 Å². The molecule has 2 rings (SSSR count). The number of hydrogen-bond acceptors (Lipinski definition) is 4. The second kappa shape index (κ2) is 6.69. The molecule has 1 aromatic carbocycles. The number of halogens is 1. The quantitative estimate of drug-likeness (QED) is 0.845. The van der Waals surface area contributed by atoms with Gasteiger partial charge in [0.1, 0.15) is 11.6 Å². The third-order valence-corrected chi connectivity index (χ3v) is 3.40. The van der Waals surface area contributed by atoms with Crippen LogP contribution >= 0.6 is 0 Å². The summed E-state index contributed by atoms with van der Waals surface area (Å²) in [6.07, 6.45) is 0. The lowest BCUT2D eigenvalue weighted by Gasteiger charge is -2.19. The topological polar surface area (TPSA) is 73.3 Å². The van der Waals surface area contributed by atoms with Gasteiger partial charge in [0, 0.05) is 23.7 Å². The first-order valence-corrected chi connectivity index (χ1v) is 6.79. The first-order chi connectivity index (χ1) is 10.1. The smallest absolute Gasteiger partial charge is 0.123 e. The van der Waals surface area contributed by atoms with Crippen molar-refractivity contribution in [2.24, 2.45) is 5.73 Å². The van der Waals surface area contributed by atoms with Gasteiger partial charge in [0.05, 0.1) is 26.0 Å². The summed E-state index contributed by atoms with van der Waals surface area (Å²) in [7, 11) is 1.54. The lowest BCUT2D eigenvalue weighted by Crippen LogP contribution is -2.20. The molecule has 0 aliphatic rings. The molecule has 1 aromatic heterocycles. The molecule has 5 nitrogen and oxygen atoms in total. The molecule has 0 radical (unpaired) electrons. The first kappa shape index (κ1) is 15.5. The highest BCUT2D eigenvalue weighted by Crippen LogP contribution is 2.32. The fourth-order valence-electron chi connectivity index (χ4n) is 2.50. The number of benzene rings is 1. The van der Waals surface area contributed by atoms with E-state index in [1.807, 2.05) is 13.0 Å². The maximum atomic E-state index is 13.6. The lowest BCUT2D eigenvalue weighted by atomic mass is 9.94. The van der Waals surface area contributed by atoms with E-state index in [1.165, 1.54) is 12.1 Å². The summed E-state index contributed by atoms with van der Waals surface area (Å²) in [6.45, 7) is 2.51. The number of aromatic nitrogens is 2. The lowest BCUT2D eigenvalue weighted by molar-refractivity contribution is 0.266. The van der Waals surface area contributed by atoms with Crippen molar-refractivity contribution in [3.05, 3.63) is 47.0 Å². The Bertz CT molecular complexity index is 613. The molecule has 0 bridgehead atoms. The Morgan fingerprint density at radius 1 is 1.43 bits per heavy atom. The second-order valence-corrected chi connectivity index (χ2v) is 4.83. The SMILES string of the molecule is COc1ccc(F)cc1C(CN)c1cc(C)nn1CCO. The Morgan fingerprint density at radius 2 is 2.19 bits per heavy atom. The van der Waals surface area contributed by atoms with Crippen LogP contribution in [0.1, 0.15) is 22.9 Å². The van der Waals surface area contributed by atoms with Gasteiger partial charge in [-0.1, -0.05) is 0 Å². The summed E-state index contributed by atoms with van der Waals surface area (Å²) in [4.78, 5) is 0. The predicted octanol–water partition coefficient (Wildman–Crippen LogP) is 1.42. The molecule has 0 fully saturated rings.